The molecule has 0 radical (unpaired) electrons. The molecule has 0 aliphatic carbocycles. The molecule has 0 spiro atoms. The van der Waals surface area contributed by atoms with Crippen molar-refractivity contribution in [3.05, 3.63) is 88.9 Å². The van der Waals surface area contributed by atoms with Crippen molar-refractivity contribution in [1.29, 1.82) is 0 Å². The van der Waals surface area contributed by atoms with Crippen molar-refractivity contribution in [1.82, 2.24) is 5.32 Å². The van der Waals surface area contributed by atoms with Crippen LogP contribution in [-0.2, 0) is 21.4 Å². The van der Waals surface area contributed by atoms with Crippen molar-refractivity contribution in [2.45, 2.75) is 24.3 Å². The van der Waals surface area contributed by atoms with Crippen LogP contribution in [0.5, 0.6) is 0 Å². The third-order valence-electron chi connectivity index (χ3n) is 5.63. The third-order valence-corrected chi connectivity index (χ3v) is 7.95. The fourth-order valence-corrected chi connectivity index (χ4v) is 5.54. The first-order valence-electron chi connectivity index (χ1n) is 10.9. The summed E-state index contributed by atoms with van der Waals surface area (Å²) in [4.78, 5) is 15.3. The fourth-order valence-electron chi connectivity index (χ4n) is 3.83. The second-order valence-electron chi connectivity index (χ2n) is 7.94. The van der Waals surface area contributed by atoms with Gasteiger partial charge < -0.3 is 10.2 Å². The van der Waals surface area contributed by atoms with E-state index in [9.17, 15) is 13.2 Å². The van der Waals surface area contributed by atoms with Gasteiger partial charge in [-0.05, 0) is 66.9 Å². The lowest BCUT2D eigenvalue weighted by atomic mass is 10.2. The Kier molecular flexibility index (Phi) is 7.35. The van der Waals surface area contributed by atoms with Crippen LogP contribution < -0.4 is 14.5 Å². The van der Waals surface area contributed by atoms with Gasteiger partial charge in [0.15, 0.2) is 0 Å². The monoisotopic (exact) mass is 527 g/mol. The van der Waals surface area contributed by atoms with E-state index in [4.69, 9.17) is 0 Å². The number of nitrogens with zero attached hydrogens (tertiary/aromatic N) is 2. The molecule has 1 aliphatic heterocycles. The Hall–Kier alpha value is -2.84. The molecule has 3 aromatic carbocycles. The summed E-state index contributed by atoms with van der Waals surface area (Å²) in [6.45, 7) is 2.18. The molecule has 6 nitrogen and oxygen atoms in total. The number of amides is 1. The van der Waals surface area contributed by atoms with E-state index in [-0.39, 0.29) is 17.3 Å². The van der Waals surface area contributed by atoms with Crippen molar-refractivity contribution >= 4 is 43.2 Å². The number of halogens is 1. The molecule has 3 aromatic rings. The summed E-state index contributed by atoms with van der Waals surface area (Å²) in [5.74, 6) is -0.374. The lowest BCUT2D eigenvalue weighted by Gasteiger charge is -2.24. The summed E-state index contributed by atoms with van der Waals surface area (Å²) in [7, 11) is -3.91. The molecule has 8 heteroatoms. The van der Waals surface area contributed by atoms with Gasteiger partial charge in [-0.2, -0.15) is 0 Å². The van der Waals surface area contributed by atoms with Crippen LogP contribution in [0, 0.1) is 0 Å². The van der Waals surface area contributed by atoms with E-state index < -0.39 is 10.0 Å². The number of anilines is 2. The van der Waals surface area contributed by atoms with Crippen LogP contribution in [0.2, 0.25) is 0 Å². The number of hydrogen-bond acceptors (Lipinski definition) is 4. The quantitative estimate of drug-likeness (QED) is 0.466. The molecule has 4 rings (SSSR count). The molecule has 0 aromatic heterocycles. The third kappa shape index (κ3) is 5.75. The molecule has 0 unspecified atom stereocenters. The number of benzene rings is 3. The largest absolute Gasteiger partial charge is 0.372 e. The van der Waals surface area contributed by atoms with Gasteiger partial charge in [0.1, 0.15) is 6.54 Å². The summed E-state index contributed by atoms with van der Waals surface area (Å²) in [5.41, 5.74) is 2.58. The number of rotatable bonds is 8. The predicted octanol–water partition coefficient (Wildman–Crippen LogP) is 4.56. The Morgan fingerprint density at radius 2 is 1.55 bits per heavy atom. The second kappa shape index (κ2) is 10.4. The second-order valence-corrected chi connectivity index (χ2v) is 10.7. The number of nitrogens with one attached hydrogen (secondary N) is 1. The molecule has 1 aliphatic rings. The molecular weight excluding hydrogens is 502 g/mol. The predicted molar refractivity (Wildman–Crippen MR) is 135 cm³/mol. The van der Waals surface area contributed by atoms with Crippen LogP contribution >= 0.6 is 15.9 Å². The summed E-state index contributed by atoms with van der Waals surface area (Å²) in [6, 6.07) is 23.1. The van der Waals surface area contributed by atoms with Gasteiger partial charge >= 0.3 is 0 Å². The number of hydrogen-bond donors (Lipinski definition) is 1. The van der Waals surface area contributed by atoms with Crippen molar-refractivity contribution in [3.8, 4) is 0 Å². The topological polar surface area (TPSA) is 69.7 Å². The maximum absolute atomic E-state index is 13.3. The molecule has 1 heterocycles. The Morgan fingerprint density at radius 1 is 0.909 bits per heavy atom. The van der Waals surface area contributed by atoms with E-state index in [2.05, 4.69) is 38.3 Å². The van der Waals surface area contributed by atoms with Gasteiger partial charge in [0, 0.05) is 29.8 Å². The van der Waals surface area contributed by atoms with Crippen molar-refractivity contribution in [2.75, 3.05) is 28.8 Å². The van der Waals surface area contributed by atoms with Gasteiger partial charge in [0.25, 0.3) is 10.0 Å². The maximum Gasteiger partial charge on any atom is 0.264 e. The van der Waals surface area contributed by atoms with Gasteiger partial charge in [0.2, 0.25) is 5.91 Å². The highest BCUT2D eigenvalue weighted by Gasteiger charge is 2.27. The number of carbonyl (C=O) groups excluding carboxylic acids is 1. The minimum Gasteiger partial charge on any atom is -0.372 e. The average Bonchev–Trinajstić information content (AvgIpc) is 3.38. The van der Waals surface area contributed by atoms with Gasteiger partial charge in [-0.25, -0.2) is 8.42 Å². The minimum absolute atomic E-state index is 0.137. The standard InChI is InChI=1S/C25H26BrN3O3S/c26-21-10-14-23(15-11-21)29(33(31,32)24-6-2-1-3-7-24)19-25(30)27-18-20-8-12-22(13-9-20)28-16-4-5-17-28/h1-3,6-15H,4-5,16-19H2,(H,27,30). The lowest BCUT2D eigenvalue weighted by Crippen LogP contribution is -2.40. The van der Waals surface area contributed by atoms with E-state index in [1.807, 2.05) is 12.1 Å². The zero-order chi connectivity index (χ0) is 23.3. The zero-order valence-corrected chi connectivity index (χ0v) is 20.6. The van der Waals surface area contributed by atoms with Crippen LogP contribution in [0.3, 0.4) is 0 Å². The van der Waals surface area contributed by atoms with Crippen LogP contribution in [0.25, 0.3) is 0 Å². The zero-order valence-electron chi connectivity index (χ0n) is 18.2. The van der Waals surface area contributed by atoms with Crippen LogP contribution in [0.4, 0.5) is 11.4 Å². The molecule has 172 valence electrons. The number of carbonyl (C=O) groups is 1. The molecule has 1 saturated heterocycles. The summed E-state index contributed by atoms with van der Waals surface area (Å²) < 4.78 is 28.6. The Labute approximate surface area is 203 Å². The first-order valence-corrected chi connectivity index (χ1v) is 13.1. The summed E-state index contributed by atoms with van der Waals surface area (Å²) >= 11 is 3.37. The number of sulfonamides is 1. The van der Waals surface area contributed by atoms with E-state index in [0.29, 0.717) is 12.2 Å². The van der Waals surface area contributed by atoms with Crippen molar-refractivity contribution < 1.29 is 13.2 Å². The van der Waals surface area contributed by atoms with Gasteiger partial charge in [-0.15, -0.1) is 0 Å². The first kappa shape index (κ1) is 23.3. The fraction of sp³-hybridized carbons (Fsp3) is 0.240. The minimum atomic E-state index is -3.91. The molecule has 0 saturated carbocycles. The molecule has 1 amide bonds. The van der Waals surface area contributed by atoms with E-state index in [1.54, 1.807) is 42.5 Å². The normalized spacial score (nSPS) is 13.7. The Morgan fingerprint density at radius 3 is 2.18 bits per heavy atom. The molecular formula is C25H26BrN3O3S. The molecule has 1 fully saturated rings. The van der Waals surface area contributed by atoms with Gasteiger partial charge in [-0.1, -0.05) is 46.3 Å². The van der Waals surface area contributed by atoms with Crippen LogP contribution in [-0.4, -0.2) is 34.0 Å². The lowest BCUT2D eigenvalue weighted by molar-refractivity contribution is -0.119. The highest BCUT2D eigenvalue weighted by atomic mass is 79.9. The first-order chi connectivity index (χ1) is 15.9. The summed E-state index contributed by atoms with van der Waals surface area (Å²) in [6.07, 6.45) is 2.44. The molecule has 33 heavy (non-hydrogen) atoms. The molecule has 0 bridgehead atoms. The Balaban J connectivity index is 1.46. The van der Waals surface area contributed by atoms with E-state index in [0.717, 1.165) is 27.4 Å². The van der Waals surface area contributed by atoms with Crippen LogP contribution in [0.15, 0.2) is 88.2 Å². The highest BCUT2D eigenvalue weighted by Crippen LogP contribution is 2.25. The van der Waals surface area contributed by atoms with Crippen molar-refractivity contribution in [3.63, 3.8) is 0 Å². The van der Waals surface area contributed by atoms with E-state index >= 15 is 0 Å². The van der Waals surface area contributed by atoms with Gasteiger partial charge in [0.05, 0.1) is 10.6 Å². The van der Waals surface area contributed by atoms with Gasteiger partial charge in [-0.3, -0.25) is 9.10 Å². The average molecular weight is 528 g/mol. The molecule has 1 N–H and O–H groups in total. The van der Waals surface area contributed by atoms with Crippen LogP contribution in [0.1, 0.15) is 18.4 Å². The van der Waals surface area contributed by atoms with E-state index in [1.165, 1.54) is 30.7 Å². The SMILES string of the molecule is O=C(CN(c1ccc(Br)cc1)S(=O)(=O)c1ccccc1)NCc1ccc(N2CCCC2)cc1. The smallest absolute Gasteiger partial charge is 0.264 e. The Bertz CT molecular complexity index is 1180. The highest BCUT2D eigenvalue weighted by molar-refractivity contribution is 9.10. The molecule has 0 atom stereocenters. The van der Waals surface area contributed by atoms with Crippen molar-refractivity contribution in [2.24, 2.45) is 0 Å². The maximum atomic E-state index is 13.3. The summed E-state index contributed by atoms with van der Waals surface area (Å²) in [5, 5.41) is 2.86.